The van der Waals surface area contributed by atoms with Crippen LogP contribution >= 0.6 is 34.7 Å². The Labute approximate surface area is 163 Å². The van der Waals surface area contributed by atoms with Crippen LogP contribution < -0.4 is 10.9 Å². The predicted molar refractivity (Wildman–Crippen MR) is 105 cm³/mol. The molecule has 0 radical (unpaired) electrons. The fraction of sp³-hybridized carbons (Fsp3) is 0.176. The number of anilines is 1. The molecule has 9 heteroatoms. The van der Waals surface area contributed by atoms with E-state index in [1.165, 1.54) is 29.2 Å². The number of aryl methyl sites for hydroxylation is 1. The number of halogens is 1. The second-order valence-corrected chi connectivity index (χ2v) is 7.98. The van der Waals surface area contributed by atoms with Crippen molar-refractivity contribution in [3.63, 3.8) is 0 Å². The third-order valence-electron chi connectivity index (χ3n) is 3.28. The maximum atomic E-state index is 12.1. The van der Waals surface area contributed by atoms with Gasteiger partial charge in [-0.15, -0.1) is 11.3 Å². The minimum Gasteiger partial charge on any atom is -0.301 e. The van der Waals surface area contributed by atoms with Crippen molar-refractivity contribution in [3.05, 3.63) is 68.0 Å². The first kappa shape index (κ1) is 18.6. The molecule has 134 valence electrons. The zero-order valence-corrected chi connectivity index (χ0v) is 16.2. The SMILES string of the molecule is Cc1cc(=O)[nH]c(SCC(=O)Nc2ncc(Cc3ccc(Cl)cc3)s2)n1. The van der Waals surface area contributed by atoms with Crippen LogP contribution in [0.3, 0.4) is 0 Å². The number of thiazole rings is 1. The van der Waals surface area contributed by atoms with E-state index in [1.807, 2.05) is 24.3 Å². The number of hydrogen-bond acceptors (Lipinski definition) is 6. The molecule has 1 aromatic carbocycles. The van der Waals surface area contributed by atoms with Crippen molar-refractivity contribution in [2.45, 2.75) is 18.5 Å². The molecule has 0 aliphatic heterocycles. The van der Waals surface area contributed by atoms with E-state index in [-0.39, 0.29) is 17.2 Å². The normalized spacial score (nSPS) is 10.7. The largest absolute Gasteiger partial charge is 0.301 e. The summed E-state index contributed by atoms with van der Waals surface area (Å²) in [4.78, 5) is 35.5. The molecule has 0 bridgehead atoms. The van der Waals surface area contributed by atoms with Gasteiger partial charge in [-0.05, 0) is 24.6 Å². The molecule has 1 amide bonds. The third kappa shape index (κ3) is 5.42. The zero-order chi connectivity index (χ0) is 18.5. The van der Waals surface area contributed by atoms with Crippen molar-refractivity contribution in [2.75, 3.05) is 11.1 Å². The predicted octanol–water partition coefficient (Wildman–Crippen LogP) is 3.51. The van der Waals surface area contributed by atoms with Gasteiger partial charge < -0.3 is 10.3 Å². The minimum absolute atomic E-state index is 0.137. The van der Waals surface area contributed by atoms with Crippen LogP contribution in [0.1, 0.15) is 16.1 Å². The quantitative estimate of drug-likeness (QED) is 0.483. The Kier molecular flexibility index (Phi) is 6.08. The number of hydrogen-bond donors (Lipinski definition) is 2. The lowest BCUT2D eigenvalue weighted by atomic mass is 10.1. The molecule has 0 aliphatic rings. The van der Waals surface area contributed by atoms with Crippen LogP contribution in [0.25, 0.3) is 0 Å². The summed E-state index contributed by atoms with van der Waals surface area (Å²) in [5, 5.41) is 4.44. The van der Waals surface area contributed by atoms with Gasteiger partial charge in [0.2, 0.25) is 5.91 Å². The highest BCUT2D eigenvalue weighted by Crippen LogP contribution is 2.22. The maximum Gasteiger partial charge on any atom is 0.251 e. The number of nitrogens with zero attached hydrogens (tertiary/aromatic N) is 2. The van der Waals surface area contributed by atoms with Gasteiger partial charge in [0, 0.05) is 34.3 Å². The van der Waals surface area contributed by atoms with Crippen LogP contribution in [0.5, 0.6) is 0 Å². The highest BCUT2D eigenvalue weighted by atomic mass is 35.5. The van der Waals surface area contributed by atoms with E-state index in [0.717, 1.165) is 16.9 Å². The summed E-state index contributed by atoms with van der Waals surface area (Å²) in [6, 6.07) is 9.03. The molecule has 0 aliphatic carbocycles. The lowest BCUT2D eigenvalue weighted by Gasteiger charge is -2.02. The number of nitrogens with one attached hydrogen (secondary N) is 2. The molecular formula is C17H15ClN4O2S2. The van der Waals surface area contributed by atoms with E-state index in [2.05, 4.69) is 20.3 Å². The number of thioether (sulfide) groups is 1. The summed E-state index contributed by atoms with van der Waals surface area (Å²) in [5.74, 6) is -0.0649. The van der Waals surface area contributed by atoms with Gasteiger partial charge in [-0.1, -0.05) is 35.5 Å². The molecule has 2 N–H and O–H groups in total. The molecule has 0 unspecified atom stereocenters. The standard InChI is InChI=1S/C17H15ClN4O2S2/c1-10-6-14(23)21-17(20-10)25-9-15(24)22-16-19-8-13(26-16)7-11-2-4-12(18)5-3-11/h2-6,8H,7,9H2,1H3,(H,19,22,24)(H,20,21,23). The van der Waals surface area contributed by atoms with E-state index < -0.39 is 0 Å². The molecule has 0 fully saturated rings. The maximum absolute atomic E-state index is 12.1. The van der Waals surface area contributed by atoms with Gasteiger partial charge in [-0.25, -0.2) is 9.97 Å². The molecule has 2 heterocycles. The number of aromatic nitrogens is 3. The van der Waals surface area contributed by atoms with Crippen molar-refractivity contribution in [1.82, 2.24) is 15.0 Å². The Morgan fingerprint density at radius 2 is 2.12 bits per heavy atom. The number of benzene rings is 1. The Morgan fingerprint density at radius 3 is 2.85 bits per heavy atom. The van der Waals surface area contributed by atoms with Gasteiger partial charge in [-0.3, -0.25) is 9.59 Å². The monoisotopic (exact) mass is 406 g/mol. The van der Waals surface area contributed by atoms with Crippen LogP contribution in [-0.2, 0) is 11.2 Å². The second-order valence-electron chi connectivity index (χ2n) is 5.46. The fourth-order valence-electron chi connectivity index (χ4n) is 2.16. The molecule has 3 rings (SSSR count). The van der Waals surface area contributed by atoms with Crippen molar-refractivity contribution < 1.29 is 4.79 Å². The van der Waals surface area contributed by atoms with E-state index in [1.54, 1.807) is 13.1 Å². The Bertz CT molecular complexity index is 969. The van der Waals surface area contributed by atoms with E-state index >= 15 is 0 Å². The van der Waals surface area contributed by atoms with E-state index in [9.17, 15) is 9.59 Å². The third-order valence-corrected chi connectivity index (χ3v) is 5.32. The molecule has 0 saturated carbocycles. The Balaban J connectivity index is 1.54. The average molecular weight is 407 g/mol. The van der Waals surface area contributed by atoms with Crippen molar-refractivity contribution in [1.29, 1.82) is 0 Å². The Morgan fingerprint density at radius 1 is 1.35 bits per heavy atom. The summed E-state index contributed by atoms with van der Waals surface area (Å²) in [5.41, 5.74) is 1.51. The molecule has 3 aromatic rings. The number of H-pyrrole nitrogens is 1. The number of amides is 1. The first-order valence-corrected chi connectivity index (χ1v) is 9.86. The molecule has 0 atom stereocenters. The zero-order valence-electron chi connectivity index (χ0n) is 13.8. The lowest BCUT2D eigenvalue weighted by molar-refractivity contribution is -0.113. The smallest absolute Gasteiger partial charge is 0.251 e. The second kappa shape index (κ2) is 8.48. The van der Waals surface area contributed by atoms with E-state index in [0.29, 0.717) is 21.0 Å². The van der Waals surface area contributed by atoms with Crippen LogP contribution in [0.2, 0.25) is 5.02 Å². The molecule has 0 saturated heterocycles. The number of carbonyl (C=O) groups is 1. The van der Waals surface area contributed by atoms with Gasteiger partial charge in [0.05, 0.1) is 5.75 Å². The van der Waals surface area contributed by atoms with Crippen molar-refractivity contribution >= 4 is 45.7 Å². The average Bonchev–Trinajstić information content (AvgIpc) is 3.01. The fourth-order valence-corrected chi connectivity index (χ4v) is 3.87. The lowest BCUT2D eigenvalue weighted by Crippen LogP contribution is -2.15. The Hall–Kier alpha value is -2.16. The highest BCUT2D eigenvalue weighted by Gasteiger charge is 2.09. The van der Waals surface area contributed by atoms with Crippen LogP contribution in [0, 0.1) is 6.92 Å². The van der Waals surface area contributed by atoms with Gasteiger partial charge in [0.25, 0.3) is 5.56 Å². The highest BCUT2D eigenvalue weighted by molar-refractivity contribution is 7.99. The summed E-state index contributed by atoms with van der Waals surface area (Å²) >= 11 is 8.48. The van der Waals surface area contributed by atoms with Gasteiger partial charge in [0.1, 0.15) is 0 Å². The summed E-state index contributed by atoms with van der Waals surface area (Å²) < 4.78 is 0. The topological polar surface area (TPSA) is 87.7 Å². The van der Waals surface area contributed by atoms with Crippen LogP contribution in [-0.4, -0.2) is 26.6 Å². The van der Waals surface area contributed by atoms with Crippen molar-refractivity contribution in [3.8, 4) is 0 Å². The minimum atomic E-state index is -0.229. The molecule has 2 aromatic heterocycles. The first-order chi connectivity index (χ1) is 12.5. The van der Waals surface area contributed by atoms with E-state index in [4.69, 9.17) is 11.6 Å². The van der Waals surface area contributed by atoms with Crippen LogP contribution in [0.15, 0.2) is 46.5 Å². The number of rotatable bonds is 6. The van der Waals surface area contributed by atoms with Gasteiger partial charge in [0.15, 0.2) is 10.3 Å². The molecule has 26 heavy (non-hydrogen) atoms. The van der Waals surface area contributed by atoms with Gasteiger partial charge in [-0.2, -0.15) is 0 Å². The molecular weight excluding hydrogens is 392 g/mol. The number of aromatic amines is 1. The first-order valence-electron chi connectivity index (χ1n) is 7.68. The summed E-state index contributed by atoms with van der Waals surface area (Å²) in [7, 11) is 0. The summed E-state index contributed by atoms with van der Waals surface area (Å²) in [6.45, 7) is 1.73. The summed E-state index contributed by atoms with van der Waals surface area (Å²) in [6.07, 6.45) is 2.48. The molecule has 0 spiro atoms. The molecule has 6 nitrogen and oxygen atoms in total. The van der Waals surface area contributed by atoms with Crippen molar-refractivity contribution in [2.24, 2.45) is 0 Å². The number of carbonyl (C=O) groups excluding carboxylic acids is 1. The van der Waals surface area contributed by atoms with Crippen LogP contribution in [0.4, 0.5) is 5.13 Å². The van der Waals surface area contributed by atoms with Gasteiger partial charge >= 0.3 is 0 Å².